The number of aliphatic hydroxyl groups is 2. The Hall–Kier alpha value is -1.36. The smallest absolute Gasteiger partial charge is 0.0387 e. The van der Waals surface area contributed by atoms with Crippen LogP contribution in [0.25, 0.3) is 6.08 Å². The molecule has 1 aromatic rings. The lowest BCUT2D eigenvalue weighted by Gasteiger charge is -2.00. The van der Waals surface area contributed by atoms with E-state index >= 15 is 0 Å². The van der Waals surface area contributed by atoms with E-state index in [0.29, 0.717) is 6.54 Å². The van der Waals surface area contributed by atoms with Gasteiger partial charge in [0.05, 0.1) is 0 Å². The minimum atomic E-state index is 0.578. The van der Waals surface area contributed by atoms with Gasteiger partial charge < -0.3 is 21.7 Å². The van der Waals surface area contributed by atoms with Crippen molar-refractivity contribution >= 4 is 11.8 Å². The van der Waals surface area contributed by atoms with Crippen molar-refractivity contribution in [3.63, 3.8) is 0 Å². The Morgan fingerprint density at radius 1 is 1.19 bits per heavy atom. The zero-order valence-corrected chi connectivity index (χ0v) is 10.1. The maximum Gasteiger partial charge on any atom is 0.0387 e. The molecule has 16 heavy (non-hydrogen) atoms. The van der Waals surface area contributed by atoms with Crippen LogP contribution in [0.4, 0.5) is 5.69 Å². The molecule has 0 unspecified atom stereocenters. The summed E-state index contributed by atoms with van der Waals surface area (Å²) in [6, 6.07) is 7.75. The summed E-state index contributed by atoms with van der Waals surface area (Å²) >= 11 is 0. The quantitative estimate of drug-likeness (QED) is 0.562. The number of anilines is 1. The zero-order chi connectivity index (χ0) is 13.0. The summed E-state index contributed by atoms with van der Waals surface area (Å²) in [5.41, 5.74) is 14.2. The van der Waals surface area contributed by atoms with Crippen LogP contribution < -0.4 is 11.5 Å². The first-order valence-corrected chi connectivity index (χ1v) is 4.85. The molecule has 6 N–H and O–H groups in total. The van der Waals surface area contributed by atoms with Crippen LogP contribution in [0, 0.1) is 0 Å². The minimum Gasteiger partial charge on any atom is -0.400 e. The van der Waals surface area contributed by atoms with Crippen molar-refractivity contribution in [2.24, 2.45) is 5.73 Å². The third kappa shape index (κ3) is 7.00. The first-order valence-electron chi connectivity index (χ1n) is 4.85. The van der Waals surface area contributed by atoms with E-state index in [4.69, 9.17) is 21.7 Å². The average molecular weight is 226 g/mol. The van der Waals surface area contributed by atoms with Crippen LogP contribution in [0.3, 0.4) is 0 Å². The summed E-state index contributed by atoms with van der Waals surface area (Å²) < 4.78 is 0. The molecule has 0 radical (unpaired) electrons. The second-order valence-corrected chi connectivity index (χ2v) is 2.82. The first-order chi connectivity index (χ1) is 7.74. The second-order valence-electron chi connectivity index (χ2n) is 2.82. The number of aliphatic hydroxyl groups excluding tert-OH is 2. The van der Waals surface area contributed by atoms with Gasteiger partial charge in [-0.1, -0.05) is 29.8 Å². The van der Waals surface area contributed by atoms with Crippen molar-refractivity contribution in [2.45, 2.75) is 6.92 Å². The second kappa shape index (κ2) is 11.7. The molecule has 0 fully saturated rings. The van der Waals surface area contributed by atoms with Gasteiger partial charge in [0.2, 0.25) is 0 Å². The Bertz CT molecular complexity index is 299. The third-order valence-electron chi connectivity index (χ3n) is 1.72. The Kier molecular flexibility index (Phi) is 12.5. The molecule has 4 heteroatoms. The Morgan fingerprint density at radius 3 is 2.12 bits per heavy atom. The van der Waals surface area contributed by atoms with Gasteiger partial charge in [-0.05, 0) is 18.6 Å². The van der Waals surface area contributed by atoms with Crippen LogP contribution in [0.15, 0.2) is 29.8 Å². The molecular weight excluding hydrogens is 204 g/mol. The number of hydrogen-bond donors (Lipinski definition) is 4. The van der Waals surface area contributed by atoms with Crippen LogP contribution in [0.5, 0.6) is 0 Å². The molecule has 0 atom stereocenters. The van der Waals surface area contributed by atoms with Gasteiger partial charge in [0.1, 0.15) is 0 Å². The lowest BCUT2D eigenvalue weighted by molar-refractivity contribution is 0.399. The van der Waals surface area contributed by atoms with Gasteiger partial charge in [-0.3, -0.25) is 0 Å². The summed E-state index contributed by atoms with van der Waals surface area (Å²) in [7, 11) is 2.00. The van der Waals surface area contributed by atoms with Crippen molar-refractivity contribution < 1.29 is 10.2 Å². The zero-order valence-electron chi connectivity index (χ0n) is 10.1. The number of para-hydroxylation sites is 1. The minimum absolute atomic E-state index is 0.578. The molecule has 0 amide bonds. The molecule has 0 heterocycles. The highest BCUT2D eigenvalue weighted by Gasteiger charge is 1.92. The van der Waals surface area contributed by atoms with Gasteiger partial charge in [-0.25, -0.2) is 0 Å². The third-order valence-corrected chi connectivity index (χ3v) is 1.72. The maximum absolute atomic E-state index is 7.00. The van der Waals surface area contributed by atoms with E-state index < -0.39 is 0 Å². The predicted octanol–water partition coefficient (Wildman–Crippen LogP) is 0.848. The monoisotopic (exact) mass is 226 g/mol. The van der Waals surface area contributed by atoms with Crippen LogP contribution in [0.2, 0.25) is 0 Å². The van der Waals surface area contributed by atoms with Crippen LogP contribution in [0.1, 0.15) is 12.5 Å². The Balaban J connectivity index is 0. The molecule has 92 valence electrons. The van der Waals surface area contributed by atoms with Gasteiger partial charge in [0, 0.05) is 26.5 Å². The standard InChI is InChI=1S/C10H14N2.2CH4O/c1-8(7-11)6-9-4-2-3-5-10(9)12;2*1-2/h2-6H,7,11-12H2,1H3;2*2H,1H3/b8-6+;;. The van der Waals surface area contributed by atoms with Gasteiger partial charge in [-0.15, -0.1) is 0 Å². The molecule has 4 nitrogen and oxygen atoms in total. The van der Waals surface area contributed by atoms with E-state index in [-0.39, 0.29) is 0 Å². The van der Waals surface area contributed by atoms with Crippen molar-refractivity contribution in [3.8, 4) is 0 Å². The lowest BCUT2D eigenvalue weighted by atomic mass is 10.1. The number of rotatable bonds is 2. The Morgan fingerprint density at radius 2 is 1.69 bits per heavy atom. The van der Waals surface area contributed by atoms with E-state index in [2.05, 4.69) is 0 Å². The molecule has 0 saturated heterocycles. The molecule has 0 spiro atoms. The molecule has 0 aliphatic rings. The average Bonchev–Trinajstić information content (AvgIpc) is 2.37. The number of hydrogen-bond acceptors (Lipinski definition) is 4. The van der Waals surface area contributed by atoms with Gasteiger partial charge in [0.15, 0.2) is 0 Å². The molecule has 0 aromatic heterocycles. The van der Waals surface area contributed by atoms with E-state index in [1.807, 2.05) is 37.3 Å². The summed E-state index contributed by atoms with van der Waals surface area (Å²) in [6.45, 7) is 2.57. The number of nitrogens with two attached hydrogens (primary N) is 2. The predicted molar refractivity (Wildman–Crippen MR) is 69.8 cm³/mol. The van der Waals surface area contributed by atoms with Crippen LogP contribution >= 0.6 is 0 Å². The van der Waals surface area contributed by atoms with E-state index in [1.54, 1.807) is 0 Å². The van der Waals surface area contributed by atoms with Crippen LogP contribution in [-0.2, 0) is 0 Å². The summed E-state index contributed by atoms with van der Waals surface area (Å²) in [5, 5.41) is 14.0. The largest absolute Gasteiger partial charge is 0.400 e. The fourth-order valence-corrected chi connectivity index (χ4v) is 0.967. The van der Waals surface area contributed by atoms with E-state index in [0.717, 1.165) is 31.0 Å². The summed E-state index contributed by atoms with van der Waals surface area (Å²) in [6.07, 6.45) is 2.01. The molecular formula is C12H22N2O2. The molecule has 1 aromatic carbocycles. The van der Waals surface area contributed by atoms with E-state index in [1.165, 1.54) is 0 Å². The van der Waals surface area contributed by atoms with Gasteiger partial charge in [0.25, 0.3) is 0 Å². The Labute approximate surface area is 97.2 Å². The van der Waals surface area contributed by atoms with Crippen molar-refractivity contribution in [2.75, 3.05) is 26.5 Å². The topological polar surface area (TPSA) is 92.5 Å². The highest BCUT2D eigenvalue weighted by molar-refractivity contribution is 5.65. The molecule has 1 rings (SSSR count). The number of nitrogen functional groups attached to an aromatic ring is 1. The molecule has 0 saturated carbocycles. The van der Waals surface area contributed by atoms with Crippen LogP contribution in [-0.4, -0.2) is 31.0 Å². The highest BCUT2D eigenvalue weighted by atomic mass is 16.2. The summed E-state index contributed by atoms with van der Waals surface area (Å²) in [4.78, 5) is 0. The lowest BCUT2D eigenvalue weighted by Crippen LogP contribution is -1.99. The molecule has 0 aliphatic carbocycles. The van der Waals surface area contributed by atoms with Crippen molar-refractivity contribution in [1.29, 1.82) is 0 Å². The maximum atomic E-state index is 7.00. The first kappa shape index (κ1) is 17.0. The SMILES string of the molecule is C/C(=C\c1ccccc1N)CN.CO.CO. The fourth-order valence-electron chi connectivity index (χ4n) is 0.967. The van der Waals surface area contributed by atoms with Gasteiger partial charge in [-0.2, -0.15) is 0 Å². The van der Waals surface area contributed by atoms with Gasteiger partial charge >= 0.3 is 0 Å². The van der Waals surface area contributed by atoms with E-state index in [9.17, 15) is 0 Å². The molecule has 0 bridgehead atoms. The van der Waals surface area contributed by atoms with Crippen molar-refractivity contribution in [3.05, 3.63) is 35.4 Å². The van der Waals surface area contributed by atoms with Crippen molar-refractivity contribution in [1.82, 2.24) is 0 Å². The molecule has 0 aliphatic heterocycles. The number of benzene rings is 1. The normalized spacial score (nSPS) is 9.50. The summed E-state index contributed by atoms with van der Waals surface area (Å²) in [5.74, 6) is 0. The highest BCUT2D eigenvalue weighted by Crippen LogP contribution is 2.13. The fraction of sp³-hybridized carbons (Fsp3) is 0.333.